The molecule has 2 aromatic heterocycles. The molecule has 25 heavy (non-hydrogen) atoms. The van der Waals surface area contributed by atoms with Crippen LogP contribution in [0.5, 0.6) is 0 Å². The molecule has 1 fully saturated rings. The fourth-order valence-electron chi connectivity index (χ4n) is 3.23. The lowest BCUT2D eigenvalue weighted by atomic mass is 10.1. The van der Waals surface area contributed by atoms with Gasteiger partial charge in [0, 0.05) is 18.7 Å². The maximum absolute atomic E-state index is 13.1. The van der Waals surface area contributed by atoms with Crippen LogP contribution >= 0.6 is 0 Å². The number of aromatic nitrogens is 4. The fraction of sp³-hybridized carbons (Fsp3) is 0.333. The van der Waals surface area contributed by atoms with Crippen molar-refractivity contribution in [3.8, 4) is 11.1 Å². The highest BCUT2D eigenvalue weighted by molar-refractivity contribution is 5.93. The van der Waals surface area contributed by atoms with Crippen molar-refractivity contribution in [1.29, 1.82) is 0 Å². The third-order valence-corrected chi connectivity index (χ3v) is 4.65. The second-order valence-electron chi connectivity index (χ2n) is 6.29. The molecule has 0 atom stereocenters. The second-order valence-corrected chi connectivity index (χ2v) is 6.29. The molecule has 1 aromatic carbocycles. The highest BCUT2D eigenvalue weighted by Gasteiger charge is 2.24. The Kier molecular flexibility index (Phi) is 3.91. The first-order valence-electron chi connectivity index (χ1n) is 8.41. The van der Waals surface area contributed by atoms with Gasteiger partial charge in [0.05, 0.1) is 11.9 Å². The number of hydrogen-bond donors (Lipinski definition) is 0. The summed E-state index contributed by atoms with van der Waals surface area (Å²) in [4.78, 5) is 14.5. The van der Waals surface area contributed by atoms with Crippen LogP contribution in [-0.2, 0) is 0 Å². The third kappa shape index (κ3) is 2.75. The van der Waals surface area contributed by atoms with E-state index in [1.165, 1.54) is 12.1 Å². The van der Waals surface area contributed by atoms with Crippen LogP contribution in [0.25, 0.3) is 16.8 Å². The van der Waals surface area contributed by atoms with Crippen LogP contribution in [0, 0.1) is 12.7 Å². The summed E-state index contributed by atoms with van der Waals surface area (Å²) in [5, 5.41) is 12.8. The molecule has 7 heteroatoms. The molecular formula is C18H18FN5O. The van der Waals surface area contributed by atoms with E-state index >= 15 is 0 Å². The lowest BCUT2D eigenvalue weighted by molar-refractivity contribution is 0.0715. The van der Waals surface area contributed by atoms with E-state index in [0.717, 1.165) is 43.5 Å². The Morgan fingerprint density at radius 2 is 1.80 bits per heavy atom. The Morgan fingerprint density at radius 3 is 2.52 bits per heavy atom. The van der Waals surface area contributed by atoms with Crippen LogP contribution < -0.4 is 0 Å². The summed E-state index contributed by atoms with van der Waals surface area (Å²) in [5.74, 6) is -0.387. The van der Waals surface area contributed by atoms with Crippen LogP contribution in [-0.4, -0.2) is 43.7 Å². The molecule has 1 aliphatic rings. The molecule has 0 saturated carbocycles. The van der Waals surface area contributed by atoms with Crippen LogP contribution in [0.2, 0.25) is 0 Å². The fourth-order valence-corrected chi connectivity index (χ4v) is 3.23. The van der Waals surface area contributed by atoms with Crippen molar-refractivity contribution in [1.82, 2.24) is 24.7 Å². The zero-order valence-corrected chi connectivity index (χ0v) is 13.9. The Bertz CT molecular complexity index is 929. The first-order valence-corrected chi connectivity index (χ1v) is 8.41. The van der Waals surface area contributed by atoms with Crippen molar-refractivity contribution in [2.45, 2.75) is 26.2 Å². The number of halogens is 1. The minimum absolute atomic E-state index is 0.0922. The largest absolute Gasteiger partial charge is 0.337 e. The third-order valence-electron chi connectivity index (χ3n) is 4.65. The molecule has 1 amide bonds. The molecule has 0 unspecified atom stereocenters. The highest BCUT2D eigenvalue weighted by Crippen LogP contribution is 2.24. The predicted octanol–water partition coefficient (Wildman–Crippen LogP) is 2.86. The lowest BCUT2D eigenvalue weighted by Crippen LogP contribution is -2.37. The monoisotopic (exact) mass is 339 g/mol. The van der Waals surface area contributed by atoms with E-state index in [1.54, 1.807) is 22.8 Å². The van der Waals surface area contributed by atoms with E-state index in [0.29, 0.717) is 17.0 Å². The Balaban J connectivity index is 1.74. The lowest BCUT2D eigenvalue weighted by Gasteiger charge is -2.26. The summed E-state index contributed by atoms with van der Waals surface area (Å²) in [6.45, 7) is 3.34. The number of carbonyl (C=O) groups is 1. The number of nitrogens with zero attached hydrogens (tertiary/aromatic N) is 5. The van der Waals surface area contributed by atoms with Crippen LogP contribution in [0.4, 0.5) is 4.39 Å². The molecule has 1 aliphatic heterocycles. The molecule has 0 spiro atoms. The Hall–Kier alpha value is -2.83. The van der Waals surface area contributed by atoms with Gasteiger partial charge in [0.2, 0.25) is 0 Å². The van der Waals surface area contributed by atoms with Gasteiger partial charge in [0.25, 0.3) is 5.91 Å². The predicted molar refractivity (Wildman–Crippen MR) is 90.7 cm³/mol. The number of carbonyl (C=O) groups excluding carboxylic acids is 1. The maximum atomic E-state index is 13.1. The van der Waals surface area contributed by atoms with Gasteiger partial charge in [0.1, 0.15) is 5.82 Å². The minimum Gasteiger partial charge on any atom is -0.337 e. The minimum atomic E-state index is -0.295. The van der Waals surface area contributed by atoms with Gasteiger partial charge in [-0.05, 0) is 43.9 Å². The summed E-state index contributed by atoms with van der Waals surface area (Å²) < 4.78 is 14.8. The van der Waals surface area contributed by atoms with Crippen molar-refractivity contribution in [2.24, 2.45) is 0 Å². The first kappa shape index (κ1) is 15.7. The van der Waals surface area contributed by atoms with Gasteiger partial charge in [0.15, 0.2) is 11.3 Å². The van der Waals surface area contributed by atoms with Gasteiger partial charge in [-0.15, -0.1) is 10.2 Å². The van der Waals surface area contributed by atoms with Gasteiger partial charge >= 0.3 is 0 Å². The zero-order chi connectivity index (χ0) is 17.4. The molecule has 0 N–H and O–H groups in total. The number of rotatable bonds is 2. The number of amides is 1. The van der Waals surface area contributed by atoms with Crippen LogP contribution in [0.15, 0.2) is 30.5 Å². The van der Waals surface area contributed by atoms with Gasteiger partial charge in [-0.3, -0.25) is 4.79 Å². The van der Waals surface area contributed by atoms with Crippen molar-refractivity contribution >= 4 is 11.6 Å². The summed E-state index contributed by atoms with van der Waals surface area (Å²) >= 11 is 0. The smallest absolute Gasteiger partial charge is 0.276 e. The van der Waals surface area contributed by atoms with E-state index in [2.05, 4.69) is 15.3 Å². The summed E-state index contributed by atoms with van der Waals surface area (Å²) in [6.07, 6.45) is 4.88. The van der Waals surface area contributed by atoms with E-state index in [4.69, 9.17) is 0 Å². The second kappa shape index (κ2) is 6.23. The molecule has 0 bridgehead atoms. The number of benzene rings is 1. The van der Waals surface area contributed by atoms with Gasteiger partial charge in [-0.25, -0.2) is 8.91 Å². The standard InChI is InChI=1S/C18H18FN5O/c1-12-16(18(25)23-9-3-2-4-10-23)21-22-17-15(11-20-24(12)17)13-5-7-14(19)8-6-13/h5-8,11H,2-4,9-10H2,1H3. The molecule has 0 radical (unpaired) electrons. The molecule has 3 heterocycles. The summed E-state index contributed by atoms with van der Waals surface area (Å²) in [7, 11) is 0. The topological polar surface area (TPSA) is 63.4 Å². The SMILES string of the molecule is Cc1c(C(=O)N2CCCCC2)nnc2c(-c3ccc(F)cc3)cnn12. The van der Waals surface area contributed by atoms with Crippen LogP contribution in [0.3, 0.4) is 0 Å². The zero-order valence-electron chi connectivity index (χ0n) is 13.9. The van der Waals surface area contributed by atoms with E-state index in [9.17, 15) is 9.18 Å². The van der Waals surface area contributed by atoms with Gasteiger partial charge < -0.3 is 4.90 Å². The molecule has 1 saturated heterocycles. The van der Waals surface area contributed by atoms with E-state index < -0.39 is 0 Å². The van der Waals surface area contributed by atoms with E-state index in [-0.39, 0.29) is 11.7 Å². The van der Waals surface area contributed by atoms with E-state index in [1.807, 2.05) is 11.8 Å². The average molecular weight is 339 g/mol. The number of fused-ring (bicyclic) bond motifs is 1. The molecule has 6 nitrogen and oxygen atoms in total. The maximum Gasteiger partial charge on any atom is 0.276 e. The van der Waals surface area contributed by atoms with Crippen molar-refractivity contribution in [3.63, 3.8) is 0 Å². The molecule has 4 rings (SSSR count). The quantitative estimate of drug-likeness (QED) is 0.720. The van der Waals surface area contributed by atoms with Crippen molar-refractivity contribution in [3.05, 3.63) is 47.7 Å². The first-order chi connectivity index (χ1) is 12.1. The van der Waals surface area contributed by atoms with Gasteiger partial charge in [-0.1, -0.05) is 12.1 Å². The molecule has 3 aromatic rings. The van der Waals surface area contributed by atoms with Crippen molar-refractivity contribution < 1.29 is 9.18 Å². The summed E-state index contributed by atoms with van der Waals surface area (Å²) in [5.41, 5.74) is 3.11. The Morgan fingerprint density at radius 1 is 1.08 bits per heavy atom. The number of aryl methyl sites for hydroxylation is 1. The average Bonchev–Trinajstić information content (AvgIpc) is 3.08. The number of piperidine rings is 1. The number of hydrogen-bond acceptors (Lipinski definition) is 4. The van der Waals surface area contributed by atoms with Gasteiger partial charge in [-0.2, -0.15) is 5.10 Å². The number of likely N-dealkylation sites (tertiary alicyclic amines) is 1. The Labute approximate surface area is 144 Å². The molecule has 0 aliphatic carbocycles. The molecule has 128 valence electrons. The molecular weight excluding hydrogens is 321 g/mol. The van der Waals surface area contributed by atoms with Crippen LogP contribution in [0.1, 0.15) is 35.4 Å². The van der Waals surface area contributed by atoms with Crippen molar-refractivity contribution in [2.75, 3.05) is 13.1 Å². The highest BCUT2D eigenvalue weighted by atomic mass is 19.1. The summed E-state index contributed by atoms with van der Waals surface area (Å²) in [6, 6.07) is 6.15. The normalized spacial score (nSPS) is 14.9.